The van der Waals surface area contributed by atoms with Gasteiger partial charge in [-0.3, -0.25) is 4.79 Å². The fourth-order valence-electron chi connectivity index (χ4n) is 0.721. The number of carbonyl (C=O) groups is 1. The van der Waals surface area contributed by atoms with E-state index in [4.69, 9.17) is 9.05 Å². The van der Waals surface area contributed by atoms with E-state index in [9.17, 15) is 9.69 Å². The third-order valence-corrected chi connectivity index (χ3v) is 4.88. The highest BCUT2D eigenvalue weighted by molar-refractivity contribution is 8.16. The summed E-state index contributed by atoms with van der Waals surface area (Å²) in [5.41, 5.74) is 0. The first kappa shape index (κ1) is 17.1. The van der Waals surface area contributed by atoms with Crippen LogP contribution in [0.4, 0.5) is 0 Å². The number of rotatable bonds is 7. The Hall–Kier alpha value is 0.130. The average Bonchev–Trinajstić information content (AvgIpc) is 2.21. The van der Waals surface area contributed by atoms with E-state index >= 15 is 0 Å². The first-order valence-corrected chi connectivity index (χ1v) is 8.82. The first-order chi connectivity index (χ1) is 7.75. The second kappa shape index (κ2) is 8.27. The lowest BCUT2D eigenvalue weighted by Gasteiger charge is -2.21. The molecule has 0 aliphatic rings. The summed E-state index contributed by atoms with van der Waals surface area (Å²) in [5, 5.41) is 0. The molecule has 0 saturated carbocycles. The predicted molar refractivity (Wildman–Crippen MR) is 73.3 cm³/mol. The second-order valence-corrected chi connectivity index (χ2v) is 8.68. The number of hydrogen-bond acceptors (Lipinski definition) is 3. The molecule has 0 heterocycles. The minimum Gasteiger partial charge on any atom is -0.327 e. The van der Waals surface area contributed by atoms with Crippen molar-refractivity contribution in [3.05, 3.63) is 0 Å². The summed E-state index contributed by atoms with van der Waals surface area (Å²) in [6, 6.07) is 0. The minimum atomic E-state index is -2.99. The first-order valence-electron chi connectivity index (χ1n) is 5.65. The van der Waals surface area contributed by atoms with Gasteiger partial charge in [0.15, 0.2) is 0 Å². The van der Waals surface area contributed by atoms with Crippen LogP contribution in [-0.2, 0) is 25.0 Å². The minimum absolute atomic E-state index is 0.216. The summed E-state index contributed by atoms with van der Waals surface area (Å²) in [6.07, 6.45) is 0. The van der Waals surface area contributed by atoms with Crippen LogP contribution in [0.3, 0.4) is 0 Å². The maximum atomic E-state index is 10.8. The molecule has 0 bridgehead atoms. The lowest BCUT2D eigenvalue weighted by molar-refractivity contribution is -0.117. The van der Waals surface area contributed by atoms with Crippen LogP contribution in [0.15, 0.2) is 0 Å². The largest absolute Gasteiger partial charge is 0.327 e. The summed E-state index contributed by atoms with van der Waals surface area (Å²) in [4.78, 5) is 21.0. The van der Waals surface area contributed by atoms with Gasteiger partial charge in [-0.2, -0.15) is 0 Å². The van der Waals surface area contributed by atoms with Gasteiger partial charge in [0, 0.05) is 6.92 Å². The van der Waals surface area contributed by atoms with Gasteiger partial charge in [-0.05, 0) is 23.0 Å². The molecule has 0 aromatic heterocycles. The standard InChI is InChI=1S/C10H24NO4PS/c1-8(2)6-14-16(13,15-7-9(3)4)17-11-10(5)12/h8-9,13,17H,6-7H2,1-5H3,(H,11,12). The third kappa shape index (κ3) is 9.80. The van der Waals surface area contributed by atoms with E-state index in [1.807, 2.05) is 27.7 Å². The molecule has 0 aromatic carbocycles. The van der Waals surface area contributed by atoms with E-state index < -0.39 is 6.72 Å². The van der Waals surface area contributed by atoms with Crippen LogP contribution >= 0.6 is 6.72 Å². The fraction of sp³-hybridized carbons (Fsp3) is 0.900. The summed E-state index contributed by atoms with van der Waals surface area (Å²) in [6.45, 7) is 7.18. The molecule has 0 aromatic rings. The Kier molecular flexibility index (Phi) is 8.33. The van der Waals surface area contributed by atoms with Crippen molar-refractivity contribution in [3.8, 4) is 0 Å². The zero-order valence-corrected chi connectivity index (χ0v) is 12.9. The smallest absolute Gasteiger partial charge is 0.298 e. The van der Waals surface area contributed by atoms with Crippen molar-refractivity contribution in [2.24, 2.45) is 11.8 Å². The SMILES string of the molecule is CC(=O)N[SH]=P(O)(OCC(C)C)OCC(C)C. The van der Waals surface area contributed by atoms with Crippen LogP contribution in [0.5, 0.6) is 0 Å². The van der Waals surface area contributed by atoms with E-state index in [1.54, 1.807) is 0 Å². The van der Waals surface area contributed by atoms with Crippen LogP contribution in [0.1, 0.15) is 34.6 Å². The van der Waals surface area contributed by atoms with E-state index in [-0.39, 0.29) is 5.91 Å². The Balaban J connectivity index is 4.55. The molecule has 0 aliphatic heterocycles. The van der Waals surface area contributed by atoms with Crippen molar-refractivity contribution in [2.45, 2.75) is 34.6 Å². The molecule has 0 unspecified atom stereocenters. The Labute approximate surface area is 107 Å². The molecule has 0 spiro atoms. The van der Waals surface area contributed by atoms with Gasteiger partial charge in [-0.1, -0.05) is 27.7 Å². The zero-order chi connectivity index (χ0) is 13.5. The third-order valence-electron chi connectivity index (χ3n) is 1.49. The topological polar surface area (TPSA) is 67.8 Å². The average molecular weight is 285 g/mol. The summed E-state index contributed by atoms with van der Waals surface area (Å²) in [7, 11) is 0. The van der Waals surface area contributed by atoms with Gasteiger partial charge in [0.2, 0.25) is 5.91 Å². The van der Waals surface area contributed by atoms with E-state index in [1.165, 1.54) is 6.92 Å². The Morgan fingerprint density at radius 2 is 1.65 bits per heavy atom. The van der Waals surface area contributed by atoms with Crippen molar-refractivity contribution in [1.82, 2.24) is 4.72 Å². The summed E-state index contributed by atoms with van der Waals surface area (Å²) in [5.74, 6) is 0.389. The lowest BCUT2D eigenvalue weighted by atomic mass is 10.2. The predicted octanol–water partition coefficient (Wildman–Crippen LogP) is 1.87. The Bertz CT molecular complexity index is 278. The number of thiol groups is 1. The molecule has 0 atom stereocenters. The molecule has 7 heteroatoms. The van der Waals surface area contributed by atoms with E-state index in [0.29, 0.717) is 36.2 Å². The van der Waals surface area contributed by atoms with E-state index in [2.05, 4.69) is 4.72 Å². The highest BCUT2D eigenvalue weighted by Crippen LogP contribution is 2.46. The van der Waals surface area contributed by atoms with Crippen molar-refractivity contribution in [2.75, 3.05) is 13.2 Å². The van der Waals surface area contributed by atoms with Crippen LogP contribution in [-0.4, -0.2) is 24.0 Å². The number of amides is 1. The highest BCUT2D eigenvalue weighted by atomic mass is 32.5. The molecule has 17 heavy (non-hydrogen) atoms. The van der Waals surface area contributed by atoms with Crippen LogP contribution in [0.25, 0.3) is 0 Å². The second-order valence-electron chi connectivity index (χ2n) is 4.64. The quantitative estimate of drug-likeness (QED) is 0.493. The monoisotopic (exact) mass is 285 g/mol. The van der Waals surface area contributed by atoms with Crippen molar-refractivity contribution in [3.63, 3.8) is 0 Å². The lowest BCUT2D eigenvalue weighted by Crippen LogP contribution is -2.16. The molecular formula is C10H24NO4PS. The van der Waals surface area contributed by atoms with Crippen LogP contribution in [0.2, 0.25) is 0 Å². The van der Waals surface area contributed by atoms with Crippen molar-refractivity contribution >= 4 is 23.8 Å². The molecule has 0 radical (unpaired) electrons. The van der Waals surface area contributed by atoms with Gasteiger partial charge in [-0.25, -0.2) is 0 Å². The van der Waals surface area contributed by atoms with Crippen molar-refractivity contribution in [1.29, 1.82) is 0 Å². The highest BCUT2D eigenvalue weighted by Gasteiger charge is 2.18. The van der Waals surface area contributed by atoms with E-state index in [0.717, 1.165) is 0 Å². The maximum absolute atomic E-state index is 10.8. The fourth-order valence-corrected chi connectivity index (χ4v) is 3.71. The molecule has 2 N–H and O–H groups in total. The number of hydrogen-bond donors (Lipinski definition) is 3. The van der Waals surface area contributed by atoms with Gasteiger partial charge in [0.05, 0.1) is 13.2 Å². The van der Waals surface area contributed by atoms with Gasteiger partial charge in [-0.15, -0.1) is 0 Å². The number of nitrogens with one attached hydrogen (secondary N) is 1. The number of carbonyl (C=O) groups excluding carboxylic acids is 1. The van der Waals surface area contributed by atoms with Crippen LogP contribution in [0, 0.1) is 11.8 Å². The van der Waals surface area contributed by atoms with Gasteiger partial charge in [0.25, 0.3) is 6.72 Å². The van der Waals surface area contributed by atoms with Crippen LogP contribution < -0.4 is 4.72 Å². The summed E-state index contributed by atoms with van der Waals surface area (Å²) >= 11 is 0.308. The Morgan fingerprint density at radius 3 is 1.94 bits per heavy atom. The molecule has 0 fully saturated rings. The van der Waals surface area contributed by atoms with Gasteiger partial charge < -0.3 is 18.7 Å². The normalized spacial score (nSPS) is 12.2. The maximum Gasteiger partial charge on any atom is 0.298 e. The zero-order valence-electron chi connectivity index (χ0n) is 11.1. The Morgan fingerprint density at radius 1 is 1.24 bits per heavy atom. The molecule has 0 aliphatic carbocycles. The summed E-state index contributed by atoms with van der Waals surface area (Å²) < 4.78 is 13.3. The molecule has 5 nitrogen and oxygen atoms in total. The molecule has 0 rings (SSSR count). The van der Waals surface area contributed by atoms with Gasteiger partial charge in [0.1, 0.15) is 0 Å². The molecular weight excluding hydrogens is 261 g/mol. The van der Waals surface area contributed by atoms with Gasteiger partial charge >= 0.3 is 0 Å². The molecule has 0 saturated heterocycles. The molecule has 104 valence electrons. The molecule has 1 amide bonds. The van der Waals surface area contributed by atoms with Crippen molar-refractivity contribution < 1.29 is 18.7 Å².